The number of hydrogen-bond acceptors (Lipinski definition) is 16. The Labute approximate surface area is 613 Å². The third kappa shape index (κ3) is 21.3. The number of ether oxygens (including phenoxy) is 1. The molecule has 0 radical (unpaired) electrons. The molecule has 1 aliphatic heterocycles. The number of carbonyl (C=O) groups excluding carboxylic acids is 7. The number of nitrogen functional groups attached to an aromatic ring is 3. The molecule has 3 atom stereocenters. The number of piperidine rings is 1. The second kappa shape index (κ2) is 36.2. The maximum absolute atomic E-state index is 14.1. The average Bonchev–Trinajstić information content (AvgIpc) is 0.812. The highest BCUT2D eigenvalue weighted by Crippen LogP contribution is 2.35. The number of fused-ring (bicyclic) bond motifs is 4. The van der Waals surface area contributed by atoms with Crippen molar-refractivity contribution in [3.05, 3.63) is 235 Å². The van der Waals surface area contributed by atoms with Gasteiger partial charge in [0.05, 0.1) is 31.4 Å². The maximum atomic E-state index is 14.1. The van der Waals surface area contributed by atoms with Crippen LogP contribution in [0.15, 0.2) is 151 Å². The lowest BCUT2D eigenvalue weighted by molar-refractivity contribution is -0.138. The number of anilines is 3. The van der Waals surface area contributed by atoms with Gasteiger partial charge >= 0.3 is 23.9 Å². The monoisotopic (exact) mass is 1460 g/mol. The molecule has 0 bridgehead atoms. The Morgan fingerprint density at radius 3 is 1.28 bits per heavy atom. The molecular weight excluding hydrogens is 1380 g/mol. The van der Waals surface area contributed by atoms with Crippen LogP contribution >= 0.6 is 0 Å². The molecule has 1 heterocycles. The molecule has 7 aromatic carbocycles. The van der Waals surface area contributed by atoms with Crippen LogP contribution in [-0.4, -0.2) is 122 Å². The molecule has 17 N–H and O–H groups in total. The lowest BCUT2D eigenvalue weighted by Gasteiger charge is -2.23. The summed E-state index contributed by atoms with van der Waals surface area (Å²) in [5.74, 6) is -7.06. The fourth-order valence-corrected chi connectivity index (χ4v) is 13.4. The molecule has 0 spiro atoms. The van der Waals surface area contributed by atoms with E-state index in [1.165, 1.54) is 37.5 Å². The van der Waals surface area contributed by atoms with Gasteiger partial charge in [-0.25, -0.2) is 9.18 Å². The largest absolute Gasteiger partial charge is 0.494 e. The Morgan fingerprint density at radius 2 is 0.860 bits per heavy atom. The van der Waals surface area contributed by atoms with Gasteiger partial charge in [0.1, 0.15) is 29.1 Å². The lowest BCUT2D eigenvalue weighted by atomic mass is 9.81. The van der Waals surface area contributed by atoms with E-state index >= 15 is 0 Å². The second-order valence-electron chi connectivity index (χ2n) is 26.5. The van der Waals surface area contributed by atoms with Crippen molar-refractivity contribution in [3.8, 4) is 5.75 Å². The minimum atomic E-state index is -1.14. The molecule has 0 aromatic heterocycles. The number of carbonyl (C=O) groups is 11. The molecule has 1 fully saturated rings. The number of nitrogens with one attached hydrogen (secondary N) is 7. The first-order valence-electron chi connectivity index (χ1n) is 34.7. The highest BCUT2D eigenvalue weighted by Gasteiger charge is 2.33. The van der Waals surface area contributed by atoms with Gasteiger partial charge in [0.2, 0.25) is 0 Å². The van der Waals surface area contributed by atoms with Crippen LogP contribution < -0.4 is 43.2 Å². The Hall–Kier alpha value is -12.7. The number of ketones is 4. The van der Waals surface area contributed by atoms with Gasteiger partial charge in [0.15, 0.2) is 23.1 Å². The number of rotatable bonds is 21. The van der Waals surface area contributed by atoms with E-state index in [9.17, 15) is 57.1 Å². The molecule has 26 nitrogen and oxygen atoms in total. The van der Waals surface area contributed by atoms with Gasteiger partial charge in [0.25, 0.3) is 17.7 Å². The molecule has 12 rings (SSSR count). The zero-order valence-corrected chi connectivity index (χ0v) is 58.2. The summed E-state index contributed by atoms with van der Waals surface area (Å²) in [5.41, 5.74) is 25.2. The molecule has 7 aromatic rings. The maximum Gasteiger partial charge on any atom is 0.328 e. The molecule has 0 saturated carbocycles. The molecule has 27 heteroatoms. The quantitative estimate of drug-likeness (QED) is 0.0138. The van der Waals surface area contributed by atoms with Crippen LogP contribution in [0.3, 0.4) is 0 Å². The van der Waals surface area contributed by atoms with Crippen molar-refractivity contribution in [3.63, 3.8) is 0 Å². The summed E-state index contributed by atoms with van der Waals surface area (Å²) in [4.78, 5) is 130. The Kier molecular flexibility index (Phi) is 26.5. The Balaban J connectivity index is 0.000000165. The minimum absolute atomic E-state index is 0.0406. The van der Waals surface area contributed by atoms with Crippen LogP contribution in [0.1, 0.15) is 182 Å². The van der Waals surface area contributed by atoms with Crippen LogP contribution in [0.5, 0.6) is 5.75 Å². The number of nitrogens with two attached hydrogens (primary N) is 3. The Morgan fingerprint density at radius 1 is 0.467 bits per heavy atom. The summed E-state index contributed by atoms with van der Waals surface area (Å²) in [6.45, 7) is 2.97. The molecule has 1 saturated heterocycles. The highest BCUT2D eigenvalue weighted by molar-refractivity contribution is 6.14. The minimum Gasteiger partial charge on any atom is -0.494 e. The van der Waals surface area contributed by atoms with Crippen molar-refractivity contribution in [2.45, 2.75) is 96.3 Å². The van der Waals surface area contributed by atoms with Crippen molar-refractivity contribution in [1.29, 1.82) is 16.2 Å². The van der Waals surface area contributed by atoms with Crippen molar-refractivity contribution in [2.75, 3.05) is 35.6 Å². The normalized spacial score (nSPS) is 16.6. The number of amidine groups is 3. The van der Waals surface area contributed by atoms with Gasteiger partial charge in [0, 0.05) is 96.5 Å². The number of carboxylic acids is 4. The average molecular weight is 1460 g/mol. The molecule has 5 aliphatic rings. The number of Topliss-reactive ketones (excluding diaryl/α,β-unsaturated/α-hetero) is 4. The second-order valence-corrected chi connectivity index (χ2v) is 26.5. The van der Waals surface area contributed by atoms with E-state index in [1.54, 1.807) is 103 Å². The number of carboxylic acid groups (broad SMARTS) is 4. The van der Waals surface area contributed by atoms with E-state index in [0.717, 1.165) is 72.0 Å². The first kappa shape index (κ1) is 78.5. The SMILES string of the molecule is N=C(N)c1ccc(C(=O)Nc2ccc3c(c2)CC/C(=C\C(=O)O)C3=O)cc1.N=C(N)c1ccc(C(=O)Nc2ccc3c(c2)CCC(CC(=O)O)C3=O)c(F)c1.N=C(N)c1ccc(C(=O)Nc2ccc3c(c2)CCC(CC(=O)O)C3=O)cc1.O=C(O)CC1CCc2cc(OCCCC3CCNCC3)ccc2C1=O. The summed E-state index contributed by atoms with van der Waals surface area (Å²) in [6.07, 6.45) is 9.56. The van der Waals surface area contributed by atoms with Gasteiger partial charge in [-0.2, -0.15) is 0 Å². The first-order valence-corrected chi connectivity index (χ1v) is 34.7. The van der Waals surface area contributed by atoms with Crippen molar-refractivity contribution < 1.29 is 82.3 Å². The molecule has 4 aliphatic carbocycles. The number of benzene rings is 7. The molecular formula is C80H81FN10O16. The smallest absolute Gasteiger partial charge is 0.328 e. The van der Waals surface area contributed by atoms with Gasteiger partial charge in [-0.15, -0.1) is 0 Å². The van der Waals surface area contributed by atoms with Crippen LogP contribution in [0.2, 0.25) is 0 Å². The number of halogens is 1. The van der Waals surface area contributed by atoms with E-state index in [2.05, 4.69) is 21.3 Å². The summed E-state index contributed by atoms with van der Waals surface area (Å²) < 4.78 is 20.0. The number of aliphatic carboxylic acids is 4. The first-order chi connectivity index (χ1) is 51.1. The Bertz CT molecular complexity index is 4720. The van der Waals surface area contributed by atoms with E-state index in [-0.39, 0.29) is 94.3 Å². The predicted octanol–water partition coefficient (Wildman–Crippen LogP) is 10.5. The fourth-order valence-electron chi connectivity index (χ4n) is 13.4. The van der Waals surface area contributed by atoms with Gasteiger partial charge in [-0.3, -0.25) is 64.2 Å². The van der Waals surface area contributed by atoms with E-state index in [0.29, 0.717) is 113 Å². The molecule has 3 unspecified atom stereocenters. The van der Waals surface area contributed by atoms with Gasteiger partial charge in [-0.05, 0) is 228 Å². The summed E-state index contributed by atoms with van der Waals surface area (Å²) in [5, 5.41) is 69.1. The summed E-state index contributed by atoms with van der Waals surface area (Å²) >= 11 is 0. The third-order valence-corrected chi connectivity index (χ3v) is 19.0. The third-order valence-electron chi connectivity index (χ3n) is 19.0. The number of hydrogen-bond donors (Lipinski definition) is 14. The summed E-state index contributed by atoms with van der Waals surface area (Å²) in [7, 11) is 0. The van der Waals surface area contributed by atoms with E-state index in [4.69, 9.17) is 58.6 Å². The lowest BCUT2D eigenvalue weighted by Crippen LogP contribution is -2.27. The van der Waals surface area contributed by atoms with E-state index in [1.807, 2.05) is 12.1 Å². The van der Waals surface area contributed by atoms with Crippen LogP contribution in [0.25, 0.3) is 0 Å². The van der Waals surface area contributed by atoms with Gasteiger partial charge < -0.3 is 63.6 Å². The van der Waals surface area contributed by atoms with Crippen LogP contribution in [0.4, 0.5) is 21.5 Å². The number of aryl methyl sites for hydroxylation is 4. The molecule has 3 amide bonds. The van der Waals surface area contributed by atoms with Crippen LogP contribution in [-0.2, 0) is 44.9 Å². The zero-order chi connectivity index (χ0) is 77.2. The van der Waals surface area contributed by atoms with Crippen molar-refractivity contribution in [1.82, 2.24) is 5.32 Å². The number of amides is 3. The fraction of sp³-hybridized carbons (Fsp3) is 0.275. The molecule has 554 valence electrons. The predicted molar refractivity (Wildman–Crippen MR) is 396 cm³/mol. The topological polar surface area (TPSA) is 476 Å². The van der Waals surface area contributed by atoms with Crippen LogP contribution in [0, 0.1) is 45.7 Å². The highest BCUT2D eigenvalue weighted by atomic mass is 19.1. The number of allylic oxidation sites excluding steroid dienone is 1. The van der Waals surface area contributed by atoms with E-state index < -0.39 is 47.4 Å². The van der Waals surface area contributed by atoms with Crippen molar-refractivity contribution >= 4 is 99.3 Å². The zero-order valence-electron chi connectivity index (χ0n) is 58.2. The summed E-state index contributed by atoms with van der Waals surface area (Å²) in [6, 6.07) is 36.7. The standard InChI is InChI=1S/C20H18FN3O4.C20H19N3O4.C20H17N3O4.C20H27NO4/c21-16-8-12(19(22)23)3-5-15(16)20(28)24-13-4-6-14-10(7-13)1-2-11(18(14)27)9-17(25)26;2*21-19(22)11-1-3-12(4-2-11)20(27)23-15-7-8-16-13(9-15)5-6-14(18(16)26)10-17(24)25;22-19(23)13-16-4-3-15-12-17(5-6-18(15)20(16)24)25-11-1-2-14-7-9-21-10-8-14/h3-8,11H,1-2,9H2,(H3,22,23)(H,24,28)(H,25,26);1-4,7-9,14H,5-6,10H2,(H3,21,22)(H,23,27)(H,24,25);1-4,7-10H,5-6H2,(H3,21,22)(H,23,27)(H,24,25);5-6,12,14,16,21H,1-4,7-11,13H2,(H,22,23)/b;;14-10+;. The molecule has 107 heavy (non-hydrogen) atoms. The van der Waals surface area contributed by atoms with Gasteiger partial charge in [-0.1, -0.05) is 30.3 Å². The van der Waals surface area contributed by atoms with Crippen molar-refractivity contribution in [2.24, 2.45) is 40.9 Å².